The SMILES string of the molecule is N#CCCN(Cc1cccnc1)C(=O)c1cc(-c2ccc(F)cc2)nc2ccc(F)cc12. The first-order valence-corrected chi connectivity index (χ1v) is 9.96. The van der Waals surface area contributed by atoms with E-state index in [0.29, 0.717) is 22.2 Å². The molecule has 32 heavy (non-hydrogen) atoms. The van der Waals surface area contributed by atoms with E-state index in [4.69, 9.17) is 5.26 Å². The van der Waals surface area contributed by atoms with E-state index in [1.54, 1.807) is 36.7 Å². The maximum Gasteiger partial charge on any atom is 0.254 e. The number of hydrogen-bond acceptors (Lipinski definition) is 4. The molecule has 0 bridgehead atoms. The number of aromatic nitrogens is 2. The number of carbonyl (C=O) groups is 1. The number of hydrogen-bond donors (Lipinski definition) is 0. The molecule has 0 atom stereocenters. The molecule has 4 aromatic rings. The zero-order valence-electron chi connectivity index (χ0n) is 17.0. The second-order valence-corrected chi connectivity index (χ2v) is 7.22. The lowest BCUT2D eigenvalue weighted by atomic mass is 10.0. The van der Waals surface area contributed by atoms with E-state index >= 15 is 0 Å². The van der Waals surface area contributed by atoms with Gasteiger partial charge < -0.3 is 4.90 Å². The highest BCUT2D eigenvalue weighted by molar-refractivity contribution is 6.07. The number of carbonyl (C=O) groups excluding carboxylic acids is 1. The van der Waals surface area contributed by atoms with Crippen LogP contribution in [0, 0.1) is 23.0 Å². The lowest BCUT2D eigenvalue weighted by Crippen LogP contribution is -2.31. The van der Waals surface area contributed by atoms with Crippen molar-refractivity contribution in [1.82, 2.24) is 14.9 Å². The topological polar surface area (TPSA) is 69.9 Å². The van der Waals surface area contributed by atoms with Crippen LogP contribution in [-0.4, -0.2) is 27.3 Å². The normalized spacial score (nSPS) is 10.7. The van der Waals surface area contributed by atoms with Gasteiger partial charge in [0.1, 0.15) is 11.6 Å². The minimum Gasteiger partial charge on any atom is -0.333 e. The quantitative estimate of drug-likeness (QED) is 0.427. The van der Waals surface area contributed by atoms with Crippen LogP contribution in [0.3, 0.4) is 0 Å². The molecule has 0 aliphatic carbocycles. The number of rotatable bonds is 6. The second-order valence-electron chi connectivity index (χ2n) is 7.22. The van der Waals surface area contributed by atoms with Gasteiger partial charge in [0.05, 0.1) is 29.3 Å². The van der Waals surface area contributed by atoms with Crippen LogP contribution in [0.5, 0.6) is 0 Å². The lowest BCUT2D eigenvalue weighted by Gasteiger charge is -2.23. The van der Waals surface area contributed by atoms with Crippen molar-refractivity contribution in [2.75, 3.05) is 6.54 Å². The predicted octanol–water partition coefficient (Wildman–Crippen LogP) is 5.13. The first kappa shape index (κ1) is 21.1. The molecular weight excluding hydrogens is 410 g/mol. The first-order valence-electron chi connectivity index (χ1n) is 9.96. The van der Waals surface area contributed by atoms with Crippen LogP contribution in [0.15, 0.2) is 73.1 Å². The van der Waals surface area contributed by atoms with Gasteiger partial charge in [-0.25, -0.2) is 13.8 Å². The fourth-order valence-corrected chi connectivity index (χ4v) is 3.46. The average molecular weight is 428 g/mol. The van der Waals surface area contributed by atoms with Gasteiger partial charge in [-0.3, -0.25) is 9.78 Å². The van der Waals surface area contributed by atoms with Gasteiger partial charge in [0, 0.05) is 36.4 Å². The number of fused-ring (bicyclic) bond motifs is 1. The van der Waals surface area contributed by atoms with Crippen molar-refractivity contribution in [1.29, 1.82) is 5.26 Å². The molecule has 2 aromatic heterocycles. The molecule has 5 nitrogen and oxygen atoms in total. The highest BCUT2D eigenvalue weighted by atomic mass is 19.1. The van der Waals surface area contributed by atoms with Crippen molar-refractivity contribution in [3.8, 4) is 17.3 Å². The Hall–Kier alpha value is -4.18. The smallest absolute Gasteiger partial charge is 0.254 e. The van der Waals surface area contributed by atoms with Crippen LogP contribution in [0.1, 0.15) is 22.3 Å². The van der Waals surface area contributed by atoms with Crippen LogP contribution < -0.4 is 0 Å². The van der Waals surface area contributed by atoms with Crippen molar-refractivity contribution >= 4 is 16.8 Å². The molecule has 2 heterocycles. The van der Waals surface area contributed by atoms with Gasteiger partial charge in [-0.15, -0.1) is 0 Å². The monoisotopic (exact) mass is 428 g/mol. The zero-order chi connectivity index (χ0) is 22.5. The van der Waals surface area contributed by atoms with Gasteiger partial charge in [-0.1, -0.05) is 6.07 Å². The molecule has 7 heteroatoms. The van der Waals surface area contributed by atoms with E-state index in [-0.39, 0.29) is 36.8 Å². The van der Waals surface area contributed by atoms with Crippen LogP contribution in [0.25, 0.3) is 22.2 Å². The summed E-state index contributed by atoms with van der Waals surface area (Å²) in [6.07, 6.45) is 3.44. The Morgan fingerprint density at radius 2 is 1.81 bits per heavy atom. The molecule has 158 valence electrons. The molecule has 1 amide bonds. The summed E-state index contributed by atoms with van der Waals surface area (Å²) in [5, 5.41) is 9.44. The third-order valence-corrected chi connectivity index (χ3v) is 5.02. The molecule has 0 aliphatic heterocycles. The van der Waals surface area contributed by atoms with E-state index in [1.165, 1.54) is 35.2 Å². The van der Waals surface area contributed by atoms with Crippen molar-refractivity contribution in [2.24, 2.45) is 0 Å². The molecule has 4 rings (SSSR count). The van der Waals surface area contributed by atoms with Crippen molar-refractivity contribution in [2.45, 2.75) is 13.0 Å². The van der Waals surface area contributed by atoms with Crippen LogP contribution in [-0.2, 0) is 6.54 Å². The summed E-state index contributed by atoms with van der Waals surface area (Å²) in [6.45, 7) is 0.453. The number of nitriles is 1. The summed E-state index contributed by atoms with van der Waals surface area (Å²) in [4.78, 5) is 23.8. The molecule has 0 radical (unpaired) electrons. The van der Waals surface area contributed by atoms with Crippen LogP contribution in [0.2, 0.25) is 0 Å². The molecule has 0 saturated carbocycles. The Balaban J connectivity index is 1.82. The van der Waals surface area contributed by atoms with Crippen molar-refractivity contribution in [3.05, 3.63) is 95.8 Å². The Morgan fingerprint density at radius 1 is 1.03 bits per heavy atom. The fourth-order valence-electron chi connectivity index (χ4n) is 3.46. The molecule has 0 unspecified atom stereocenters. The summed E-state index contributed by atoms with van der Waals surface area (Å²) in [6, 6.07) is 17.1. The van der Waals surface area contributed by atoms with Gasteiger partial charge in [-0.05, 0) is 60.2 Å². The molecule has 0 N–H and O–H groups in total. The van der Waals surface area contributed by atoms with Gasteiger partial charge in [0.25, 0.3) is 5.91 Å². The highest BCUT2D eigenvalue weighted by Gasteiger charge is 2.21. The zero-order valence-corrected chi connectivity index (χ0v) is 17.0. The van der Waals surface area contributed by atoms with Crippen molar-refractivity contribution < 1.29 is 13.6 Å². The Bertz CT molecular complexity index is 1300. The number of benzene rings is 2. The Labute approximate surface area is 183 Å². The Morgan fingerprint density at radius 3 is 2.53 bits per heavy atom. The van der Waals surface area contributed by atoms with Gasteiger partial charge in [0.15, 0.2) is 0 Å². The number of halogens is 2. The summed E-state index contributed by atoms with van der Waals surface area (Å²) in [5.74, 6) is -1.23. The maximum atomic E-state index is 14.1. The highest BCUT2D eigenvalue weighted by Crippen LogP contribution is 2.27. The van der Waals surface area contributed by atoms with Gasteiger partial charge >= 0.3 is 0 Å². The molecule has 2 aromatic carbocycles. The molecule has 0 aliphatic rings. The third-order valence-electron chi connectivity index (χ3n) is 5.02. The Kier molecular flexibility index (Phi) is 6.13. The largest absolute Gasteiger partial charge is 0.333 e. The minimum atomic E-state index is -0.487. The standard InChI is InChI=1S/C25H18F2N4O/c26-19-6-4-18(5-7-19)24-14-22(21-13-20(27)8-9-23(21)30-24)25(32)31(12-2-10-28)16-17-3-1-11-29-15-17/h1,3-9,11,13-15H,2,12,16H2. The molecule has 0 fully saturated rings. The van der Waals surface area contributed by atoms with Crippen molar-refractivity contribution in [3.63, 3.8) is 0 Å². The summed E-state index contributed by atoms with van der Waals surface area (Å²) in [5.41, 5.74) is 2.60. The van der Waals surface area contributed by atoms with Gasteiger partial charge in [0.2, 0.25) is 0 Å². The maximum absolute atomic E-state index is 14.1. The number of nitrogens with zero attached hydrogens (tertiary/aromatic N) is 4. The number of amides is 1. The van der Waals surface area contributed by atoms with E-state index in [9.17, 15) is 13.6 Å². The van der Waals surface area contributed by atoms with E-state index in [2.05, 4.69) is 16.0 Å². The molecular formula is C25H18F2N4O. The molecule has 0 spiro atoms. The minimum absolute atomic E-state index is 0.147. The summed E-state index contributed by atoms with van der Waals surface area (Å²) >= 11 is 0. The molecule has 0 saturated heterocycles. The van der Waals surface area contributed by atoms with Gasteiger partial charge in [-0.2, -0.15) is 5.26 Å². The third kappa shape index (κ3) is 4.60. The van der Waals surface area contributed by atoms with Crippen LogP contribution in [0.4, 0.5) is 8.78 Å². The fraction of sp³-hybridized carbons (Fsp3) is 0.120. The van der Waals surface area contributed by atoms with E-state index in [1.807, 2.05) is 6.07 Å². The predicted molar refractivity (Wildman–Crippen MR) is 116 cm³/mol. The van der Waals surface area contributed by atoms with Crippen LogP contribution >= 0.6 is 0 Å². The number of pyridine rings is 2. The first-order chi connectivity index (χ1) is 15.5. The summed E-state index contributed by atoms with van der Waals surface area (Å²) in [7, 11) is 0. The average Bonchev–Trinajstić information content (AvgIpc) is 2.82. The van der Waals surface area contributed by atoms with E-state index in [0.717, 1.165) is 5.56 Å². The summed E-state index contributed by atoms with van der Waals surface area (Å²) < 4.78 is 27.4. The lowest BCUT2D eigenvalue weighted by molar-refractivity contribution is 0.0748. The van der Waals surface area contributed by atoms with E-state index < -0.39 is 5.82 Å². The second kappa shape index (κ2) is 9.31.